The van der Waals surface area contributed by atoms with Gasteiger partial charge in [0.25, 0.3) is 5.56 Å². The van der Waals surface area contributed by atoms with E-state index in [0.29, 0.717) is 35.8 Å². The molecule has 0 atom stereocenters. The van der Waals surface area contributed by atoms with Gasteiger partial charge in [-0.25, -0.2) is 0 Å². The van der Waals surface area contributed by atoms with Crippen LogP contribution in [0.2, 0.25) is 0 Å². The number of pyridine rings is 1. The molecule has 2 aromatic carbocycles. The van der Waals surface area contributed by atoms with Gasteiger partial charge in [0.1, 0.15) is 17.4 Å². The number of unbranched alkanes of at least 4 members (excludes halogenated alkanes) is 1. The van der Waals surface area contributed by atoms with Gasteiger partial charge in [-0.15, -0.1) is 0 Å². The normalized spacial score (nSPS) is 10.5. The Morgan fingerprint density at radius 2 is 1.78 bits per heavy atom. The lowest BCUT2D eigenvalue weighted by atomic mass is 9.97. The topological polar surface area (TPSA) is 111 Å². The van der Waals surface area contributed by atoms with Crippen molar-refractivity contribution < 1.29 is 24.1 Å². The third-order valence-electron chi connectivity index (χ3n) is 5.98. The molecule has 1 aromatic heterocycles. The Bertz CT molecular complexity index is 1340. The number of carbonyl (C=O) groups is 1. The highest BCUT2D eigenvalue weighted by molar-refractivity contribution is 6.11. The summed E-state index contributed by atoms with van der Waals surface area (Å²) in [6, 6.07) is 13.8. The fourth-order valence-electron chi connectivity index (χ4n) is 3.89. The second-order valence-electron chi connectivity index (χ2n) is 8.26. The van der Waals surface area contributed by atoms with E-state index in [4.69, 9.17) is 14.2 Å². The Hall–Kier alpha value is -4.25. The Labute approximate surface area is 210 Å². The number of nitrogens with zero attached hydrogens (tertiary/aromatic N) is 2. The Morgan fingerprint density at radius 1 is 1.08 bits per heavy atom. The number of benzene rings is 2. The van der Waals surface area contributed by atoms with Crippen molar-refractivity contribution in [1.29, 1.82) is 5.26 Å². The molecular weight excluding hydrogens is 460 g/mol. The predicted molar refractivity (Wildman–Crippen MR) is 135 cm³/mol. The van der Waals surface area contributed by atoms with E-state index in [1.807, 2.05) is 12.1 Å². The number of rotatable bonds is 11. The summed E-state index contributed by atoms with van der Waals surface area (Å²) in [6.45, 7) is 4.20. The number of ketones is 1. The molecule has 0 aliphatic carbocycles. The average Bonchev–Trinajstić information content (AvgIpc) is 2.89. The van der Waals surface area contributed by atoms with Crippen LogP contribution in [0.15, 0.2) is 47.3 Å². The van der Waals surface area contributed by atoms with Crippen molar-refractivity contribution in [3.63, 3.8) is 0 Å². The van der Waals surface area contributed by atoms with Gasteiger partial charge in [-0.2, -0.15) is 5.26 Å². The van der Waals surface area contributed by atoms with Crippen molar-refractivity contribution in [3.05, 3.63) is 80.6 Å². The number of aromatic hydroxyl groups is 1. The standard InChI is InChI=1S/C28H30N2O6/c1-5-6-15-36-21-10-8-20(9-11-21)26(31)25-18(2)22(17-29)27(32)30(28(25)33)14-13-19-7-12-23(34-3)24(16-19)35-4/h7-12,16,33H,5-6,13-15H2,1-4H3. The molecule has 8 heteroatoms. The first-order chi connectivity index (χ1) is 17.4. The van der Waals surface area contributed by atoms with Gasteiger partial charge in [-0.1, -0.05) is 19.4 Å². The number of methoxy groups -OCH3 is 2. The molecule has 3 rings (SSSR count). The molecule has 0 spiro atoms. The minimum Gasteiger partial charge on any atom is -0.494 e. The maximum Gasteiger partial charge on any atom is 0.271 e. The highest BCUT2D eigenvalue weighted by Crippen LogP contribution is 2.29. The van der Waals surface area contributed by atoms with Gasteiger partial charge >= 0.3 is 0 Å². The summed E-state index contributed by atoms with van der Waals surface area (Å²) in [5.74, 6) is 0.787. The van der Waals surface area contributed by atoms with Crippen molar-refractivity contribution in [2.24, 2.45) is 0 Å². The summed E-state index contributed by atoms with van der Waals surface area (Å²) in [5.41, 5.74) is 0.385. The van der Waals surface area contributed by atoms with Crippen LogP contribution in [0.5, 0.6) is 23.1 Å². The van der Waals surface area contributed by atoms with Gasteiger partial charge in [0.2, 0.25) is 5.88 Å². The molecule has 0 saturated heterocycles. The molecule has 0 bridgehead atoms. The van der Waals surface area contributed by atoms with Crippen LogP contribution in [0, 0.1) is 18.3 Å². The number of aromatic nitrogens is 1. The van der Waals surface area contributed by atoms with Crippen molar-refractivity contribution in [2.45, 2.75) is 39.7 Å². The number of hydrogen-bond donors (Lipinski definition) is 1. The lowest BCUT2D eigenvalue weighted by Crippen LogP contribution is -2.27. The molecule has 1 heterocycles. The quantitative estimate of drug-likeness (QED) is 0.313. The first-order valence-corrected chi connectivity index (χ1v) is 11.7. The molecule has 0 aliphatic rings. The van der Waals surface area contributed by atoms with Crippen LogP contribution < -0.4 is 19.8 Å². The van der Waals surface area contributed by atoms with Gasteiger partial charge in [-0.3, -0.25) is 14.2 Å². The zero-order valence-electron chi connectivity index (χ0n) is 21.0. The summed E-state index contributed by atoms with van der Waals surface area (Å²) >= 11 is 0. The van der Waals surface area contributed by atoms with E-state index in [9.17, 15) is 20.0 Å². The number of aryl methyl sites for hydroxylation is 1. The van der Waals surface area contributed by atoms with E-state index in [1.54, 1.807) is 36.4 Å². The zero-order valence-corrected chi connectivity index (χ0v) is 21.0. The Balaban J connectivity index is 1.95. The van der Waals surface area contributed by atoms with Crippen molar-refractivity contribution in [1.82, 2.24) is 4.57 Å². The predicted octanol–water partition coefficient (Wildman–Crippen LogP) is 4.40. The summed E-state index contributed by atoms with van der Waals surface area (Å²) in [7, 11) is 3.06. The molecule has 0 radical (unpaired) electrons. The molecule has 1 N–H and O–H groups in total. The molecule has 0 unspecified atom stereocenters. The van der Waals surface area contributed by atoms with Crippen molar-refractivity contribution >= 4 is 5.78 Å². The second-order valence-corrected chi connectivity index (χ2v) is 8.26. The van der Waals surface area contributed by atoms with Crippen LogP contribution in [-0.2, 0) is 13.0 Å². The van der Waals surface area contributed by atoms with E-state index >= 15 is 0 Å². The SMILES string of the molecule is CCCCOc1ccc(C(=O)c2c(C)c(C#N)c(=O)n(CCc3ccc(OC)c(OC)c3)c2O)cc1. The fraction of sp³-hybridized carbons (Fsp3) is 0.321. The molecule has 188 valence electrons. The third-order valence-corrected chi connectivity index (χ3v) is 5.98. The van der Waals surface area contributed by atoms with E-state index in [0.717, 1.165) is 23.0 Å². The van der Waals surface area contributed by atoms with E-state index in [1.165, 1.54) is 21.1 Å². The smallest absolute Gasteiger partial charge is 0.271 e. The van der Waals surface area contributed by atoms with Crippen molar-refractivity contribution in [3.8, 4) is 29.2 Å². The van der Waals surface area contributed by atoms with E-state index in [2.05, 4.69) is 6.92 Å². The summed E-state index contributed by atoms with van der Waals surface area (Å²) < 4.78 is 17.3. The molecule has 0 saturated carbocycles. The fourth-order valence-corrected chi connectivity index (χ4v) is 3.89. The Kier molecular flexibility index (Phi) is 8.74. The Morgan fingerprint density at radius 3 is 2.39 bits per heavy atom. The van der Waals surface area contributed by atoms with Crippen LogP contribution in [0.4, 0.5) is 0 Å². The largest absolute Gasteiger partial charge is 0.494 e. The molecule has 3 aromatic rings. The number of hydrogen-bond acceptors (Lipinski definition) is 7. The maximum atomic E-state index is 13.4. The van der Waals surface area contributed by atoms with Gasteiger partial charge in [0, 0.05) is 12.1 Å². The van der Waals surface area contributed by atoms with Crippen LogP contribution in [0.3, 0.4) is 0 Å². The minimum absolute atomic E-state index is 0.0552. The van der Waals surface area contributed by atoms with Crippen LogP contribution in [-0.4, -0.2) is 36.3 Å². The summed E-state index contributed by atoms with van der Waals surface area (Å²) in [4.78, 5) is 26.3. The van der Waals surface area contributed by atoms with Crippen molar-refractivity contribution in [2.75, 3.05) is 20.8 Å². The highest BCUT2D eigenvalue weighted by Gasteiger charge is 2.25. The van der Waals surface area contributed by atoms with Crippen LogP contribution >= 0.6 is 0 Å². The van der Waals surface area contributed by atoms with Gasteiger partial charge in [-0.05, 0) is 67.3 Å². The van der Waals surface area contributed by atoms with Crippen LogP contribution in [0.25, 0.3) is 0 Å². The lowest BCUT2D eigenvalue weighted by molar-refractivity contribution is 0.103. The number of carbonyl (C=O) groups excluding carboxylic acids is 1. The van der Waals surface area contributed by atoms with Gasteiger partial charge in [0.15, 0.2) is 17.3 Å². The van der Waals surface area contributed by atoms with E-state index < -0.39 is 17.2 Å². The molecule has 0 amide bonds. The maximum absolute atomic E-state index is 13.4. The average molecular weight is 491 g/mol. The zero-order chi connectivity index (χ0) is 26.2. The molecular formula is C28H30N2O6. The molecule has 36 heavy (non-hydrogen) atoms. The number of ether oxygens (including phenoxy) is 3. The molecule has 0 fully saturated rings. The monoisotopic (exact) mass is 490 g/mol. The highest BCUT2D eigenvalue weighted by atomic mass is 16.5. The molecule has 0 aliphatic heterocycles. The first kappa shape index (κ1) is 26.4. The summed E-state index contributed by atoms with van der Waals surface area (Å²) in [5, 5.41) is 20.7. The van der Waals surface area contributed by atoms with Crippen LogP contribution in [0.1, 0.15) is 52.4 Å². The third kappa shape index (κ3) is 5.52. The minimum atomic E-state index is -0.649. The first-order valence-electron chi connectivity index (χ1n) is 11.7. The number of nitriles is 1. The van der Waals surface area contributed by atoms with E-state index in [-0.39, 0.29) is 23.2 Å². The summed E-state index contributed by atoms with van der Waals surface area (Å²) in [6.07, 6.45) is 2.28. The lowest BCUT2D eigenvalue weighted by Gasteiger charge is -2.16. The van der Waals surface area contributed by atoms with Gasteiger partial charge < -0.3 is 19.3 Å². The second kappa shape index (κ2) is 11.9. The van der Waals surface area contributed by atoms with Gasteiger partial charge in [0.05, 0.1) is 26.4 Å². The molecule has 8 nitrogen and oxygen atoms in total.